The monoisotopic (exact) mass is 1060 g/mol. The predicted molar refractivity (Wildman–Crippen MR) is 330 cm³/mol. The number of rotatable bonds is 59. The minimum atomic E-state index is -0.790. The van der Waals surface area contributed by atoms with Crippen molar-refractivity contribution in [3.05, 3.63) is 85.1 Å². The van der Waals surface area contributed by atoms with Gasteiger partial charge in [0.05, 0.1) is 0 Å². The Hall–Kier alpha value is -3.41. The molecular formula is C70H122O6. The lowest BCUT2D eigenvalue weighted by atomic mass is 10.0. The van der Waals surface area contributed by atoms with Gasteiger partial charge in [-0.1, -0.05) is 273 Å². The number of unbranched alkanes of at least 4 members (excludes halogenated alkanes) is 34. The van der Waals surface area contributed by atoms with Gasteiger partial charge in [0, 0.05) is 19.3 Å². The van der Waals surface area contributed by atoms with Crippen LogP contribution in [0, 0.1) is 0 Å². The van der Waals surface area contributed by atoms with E-state index in [1.54, 1.807) is 0 Å². The molecule has 438 valence electrons. The molecule has 0 aliphatic rings. The Kier molecular flexibility index (Phi) is 61.2. The molecule has 0 aromatic rings. The molecule has 0 amide bonds. The fourth-order valence-electron chi connectivity index (χ4n) is 9.23. The van der Waals surface area contributed by atoms with Crippen LogP contribution < -0.4 is 0 Å². The highest BCUT2D eigenvalue weighted by Gasteiger charge is 2.19. The van der Waals surface area contributed by atoms with Crippen molar-refractivity contribution in [2.24, 2.45) is 0 Å². The molecule has 0 aromatic carbocycles. The summed E-state index contributed by atoms with van der Waals surface area (Å²) in [6.45, 7) is 6.51. The number of allylic oxidation sites excluding steroid dienone is 14. The topological polar surface area (TPSA) is 78.9 Å². The minimum absolute atomic E-state index is 0.0844. The van der Waals surface area contributed by atoms with E-state index >= 15 is 0 Å². The number of hydrogen-bond acceptors (Lipinski definition) is 6. The molecule has 6 heteroatoms. The zero-order chi connectivity index (χ0) is 55.0. The second-order valence-corrected chi connectivity index (χ2v) is 21.6. The van der Waals surface area contributed by atoms with Crippen LogP contribution in [-0.2, 0) is 28.6 Å². The van der Waals surface area contributed by atoms with Crippen LogP contribution >= 0.6 is 0 Å². The Morgan fingerprint density at radius 2 is 0.513 bits per heavy atom. The Morgan fingerprint density at radius 3 is 0.816 bits per heavy atom. The molecule has 0 aromatic heterocycles. The van der Waals surface area contributed by atoms with Gasteiger partial charge in [0.2, 0.25) is 0 Å². The highest BCUT2D eigenvalue weighted by Crippen LogP contribution is 2.16. The molecule has 0 heterocycles. The van der Waals surface area contributed by atoms with E-state index in [2.05, 4.69) is 106 Å². The molecule has 0 radical (unpaired) electrons. The molecule has 0 saturated carbocycles. The third-order valence-electron chi connectivity index (χ3n) is 14.1. The van der Waals surface area contributed by atoms with Crippen molar-refractivity contribution in [3.63, 3.8) is 0 Å². The van der Waals surface area contributed by atoms with Crippen LogP contribution in [0.2, 0.25) is 0 Å². The molecule has 1 atom stereocenters. The number of carbonyl (C=O) groups is 3. The van der Waals surface area contributed by atoms with E-state index in [-0.39, 0.29) is 31.1 Å². The van der Waals surface area contributed by atoms with Gasteiger partial charge in [-0.15, -0.1) is 0 Å². The first-order chi connectivity index (χ1) is 37.5. The number of carbonyl (C=O) groups excluding carboxylic acids is 3. The fraction of sp³-hybridized carbons (Fsp3) is 0.757. The first kappa shape index (κ1) is 72.6. The largest absolute Gasteiger partial charge is 0.462 e. The quantitative estimate of drug-likeness (QED) is 0.0261. The van der Waals surface area contributed by atoms with Crippen molar-refractivity contribution in [3.8, 4) is 0 Å². The van der Waals surface area contributed by atoms with E-state index in [1.165, 1.54) is 173 Å². The molecule has 0 aliphatic heterocycles. The molecular weight excluding hydrogens is 937 g/mol. The minimum Gasteiger partial charge on any atom is -0.462 e. The SMILES string of the molecule is CC/C=C\C/C=C\C/C=C\CCCCCCCCCC(=O)OC(COC(=O)CCCCCCC/C=C\C/C=C\CCCCCC)COC(=O)CCCCCCCCCCCCCCC/C=C\C/C=C\CCCCCCC. The summed E-state index contributed by atoms with van der Waals surface area (Å²) >= 11 is 0. The van der Waals surface area contributed by atoms with E-state index in [1.807, 2.05) is 0 Å². The lowest BCUT2D eigenvalue weighted by molar-refractivity contribution is -0.167. The van der Waals surface area contributed by atoms with Gasteiger partial charge in [0.25, 0.3) is 0 Å². The fourth-order valence-corrected chi connectivity index (χ4v) is 9.23. The summed E-state index contributed by atoms with van der Waals surface area (Å²) < 4.78 is 16.9. The second-order valence-electron chi connectivity index (χ2n) is 21.6. The summed E-state index contributed by atoms with van der Waals surface area (Å²) in [5, 5.41) is 0. The third kappa shape index (κ3) is 61.4. The summed E-state index contributed by atoms with van der Waals surface area (Å²) in [7, 11) is 0. The first-order valence-corrected chi connectivity index (χ1v) is 32.6. The van der Waals surface area contributed by atoms with Gasteiger partial charge in [-0.25, -0.2) is 0 Å². The molecule has 0 aliphatic carbocycles. The predicted octanol–water partition coefficient (Wildman–Crippen LogP) is 22.3. The van der Waals surface area contributed by atoms with E-state index in [9.17, 15) is 14.4 Å². The van der Waals surface area contributed by atoms with Crippen LogP contribution in [0.1, 0.15) is 323 Å². The smallest absolute Gasteiger partial charge is 0.306 e. The van der Waals surface area contributed by atoms with Crippen molar-refractivity contribution in [1.29, 1.82) is 0 Å². The maximum absolute atomic E-state index is 12.9. The van der Waals surface area contributed by atoms with E-state index in [4.69, 9.17) is 14.2 Å². The molecule has 0 spiro atoms. The summed E-state index contributed by atoms with van der Waals surface area (Å²) in [5.74, 6) is -0.897. The lowest BCUT2D eigenvalue weighted by Crippen LogP contribution is -2.30. The van der Waals surface area contributed by atoms with Crippen LogP contribution in [0.3, 0.4) is 0 Å². The average molecular weight is 1060 g/mol. The van der Waals surface area contributed by atoms with Gasteiger partial charge in [-0.05, 0) is 116 Å². The summed E-state index contributed by atoms with van der Waals surface area (Å²) in [5.41, 5.74) is 0. The molecule has 0 saturated heterocycles. The molecule has 0 bridgehead atoms. The summed E-state index contributed by atoms with van der Waals surface area (Å²) in [6.07, 6.45) is 84.4. The van der Waals surface area contributed by atoms with Crippen molar-refractivity contribution in [2.75, 3.05) is 13.2 Å². The zero-order valence-electron chi connectivity index (χ0n) is 50.3. The maximum atomic E-state index is 12.9. The average Bonchev–Trinajstić information content (AvgIpc) is 3.42. The van der Waals surface area contributed by atoms with Crippen LogP contribution in [0.25, 0.3) is 0 Å². The van der Waals surface area contributed by atoms with Gasteiger partial charge in [0.15, 0.2) is 6.10 Å². The zero-order valence-corrected chi connectivity index (χ0v) is 50.3. The normalized spacial score (nSPS) is 12.6. The van der Waals surface area contributed by atoms with Crippen LogP contribution in [0.4, 0.5) is 0 Å². The number of ether oxygens (including phenoxy) is 3. The Balaban J connectivity index is 4.34. The molecule has 76 heavy (non-hydrogen) atoms. The molecule has 0 N–H and O–H groups in total. The van der Waals surface area contributed by atoms with E-state index < -0.39 is 6.10 Å². The van der Waals surface area contributed by atoms with Crippen molar-refractivity contribution in [1.82, 2.24) is 0 Å². The van der Waals surface area contributed by atoms with Gasteiger partial charge < -0.3 is 14.2 Å². The lowest BCUT2D eigenvalue weighted by Gasteiger charge is -2.18. The van der Waals surface area contributed by atoms with Crippen LogP contribution in [0.5, 0.6) is 0 Å². The van der Waals surface area contributed by atoms with Crippen LogP contribution in [-0.4, -0.2) is 37.2 Å². The molecule has 6 nitrogen and oxygen atoms in total. The Morgan fingerprint density at radius 1 is 0.276 bits per heavy atom. The summed E-state index contributed by atoms with van der Waals surface area (Å²) in [4.78, 5) is 38.3. The Bertz CT molecular complexity index is 1450. The number of esters is 3. The van der Waals surface area contributed by atoms with Gasteiger partial charge in [-0.3, -0.25) is 14.4 Å². The van der Waals surface area contributed by atoms with Gasteiger partial charge in [-0.2, -0.15) is 0 Å². The second kappa shape index (κ2) is 64.1. The van der Waals surface area contributed by atoms with Crippen molar-refractivity contribution in [2.45, 2.75) is 329 Å². The number of hydrogen-bond donors (Lipinski definition) is 0. The van der Waals surface area contributed by atoms with E-state index in [0.717, 1.165) is 109 Å². The molecule has 0 rings (SSSR count). The van der Waals surface area contributed by atoms with Crippen molar-refractivity contribution < 1.29 is 28.6 Å². The highest BCUT2D eigenvalue weighted by molar-refractivity contribution is 5.71. The first-order valence-electron chi connectivity index (χ1n) is 32.6. The molecule has 1 unspecified atom stereocenters. The Labute approximate surface area is 471 Å². The molecule has 0 fully saturated rings. The van der Waals surface area contributed by atoms with Gasteiger partial charge >= 0.3 is 17.9 Å². The highest BCUT2D eigenvalue weighted by atomic mass is 16.6. The maximum Gasteiger partial charge on any atom is 0.306 e. The van der Waals surface area contributed by atoms with Crippen LogP contribution in [0.15, 0.2) is 85.1 Å². The van der Waals surface area contributed by atoms with Crippen molar-refractivity contribution >= 4 is 17.9 Å². The standard InChI is InChI=1S/C70H122O6/c1-4-7-10-13-16-19-22-25-28-31-32-33-34-35-36-37-38-40-42-45-48-51-54-57-60-63-69(72)75-66-67(65-74-68(71)62-59-56-53-50-47-44-41-30-27-24-21-18-15-12-9-6-3)76-70(73)64-61-58-55-52-49-46-43-39-29-26-23-20-17-14-11-8-5-2/h8,11,17,20-22,24-26,29-32,41,67H,4-7,9-10,12-16,18-19,23,27-28,33-40,42-66H2,1-3H3/b11-8-,20-17-,24-21-,25-22-,29-26-,32-31-,41-30-. The van der Waals surface area contributed by atoms with Gasteiger partial charge in [0.1, 0.15) is 13.2 Å². The van der Waals surface area contributed by atoms with E-state index in [0.29, 0.717) is 19.3 Å². The third-order valence-corrected chi connectivity index (χ3v) is 14.1. The summed E-state index contributed by atoms with van der Waals surface area (Å²) in [6, 6.07) is 0.